The number of benzene rings is 1. The van der Waals surface area contributed by atoms with Gasteiger partial charge in [0.15, 0.2) is 0 Å². The van der Waals surface area contributed by atoms with E-state index in [9.17, 15) is 4.79 Å². The molecule has 1 atom stereocenters. The summed E-state index contributed by atoms with van der Waals surface area (Å²) in [6.07, 6.45) is 3.56. The van der Waals surface area contributed by atoms with Crippen LogP contribution in [0.15, 0.2) is 18.2 Å². The van der Waals surface area contributed by atoms with Crippen LogP contribution in [0, 0.1) is 13.8 Å². The lowest BCUT2D eigenvalue weighted by Gasteiger charge is -2.27. The van der Waals surface area contributed by atoms with Gasteiger partial charge in [-0.2, -0.15) is 0 Å². The number of nitrogens with one attached hydrogen (secondary N) is 1. The van der Waals surface area contributed by atoms with E-state index in [0.29, 0.717) is 6.54 Å². The Hall–Kier alpha value is -1.35. The largest absolute Gasteiger partial charge is 0.342 e. The molecule has 1 N–H and O–H groups in total. The van der Waals surface area contributed by atoms with Crippen molar-refractivity contribution in [2.24, 2.45) is 0 Å². The molecular formula is C17H26N2O. The number of likely N-dealkylation sites (tertiary alicyclic amines) is 1. The van der Waals surface area contributed by atoms with Crippen LogP contribution in [-0.4, -0.2) is 30.4 Å². The van der Waals surface area contributed by atoms with Gasteiger partial charge in [-0.05, 0) is 51.2 Å². The minimum Gasteiger partial charge on any atom is -0.342 e. The van der Waals surface area contributed by atoms with E-state index in [1.807, 2.05) is 4.90 Å². The molecule has 0 bridgehead atoms. The minimum absolute atomic E-state index is 0.212. The summed E-state index contributed by atoms with van der Waals surface area (Å²) >= 11 is 0. The third kappa shape index (κ3) is 3.83. The van der Waals surface area contributed by atoms with Gasteiger partial charge >= 0.3 is 0 Å². The normalized spacial score (nSPS) is 17.1. The second-order valence-corrected chi connectivity index (χ2v) is 5.90. The minimum atomic E-state index is 0.212. The summed E-state index contributed by atoms with van der Waals surface area (Å²) < 4.78 is 0. The van der Waals surface area contributed by atoms with E-state index in [2.05, 4.69) is 44.3 Å². The van der Waals surface area contributed by atoms with Crippen LogP contribution in [0.25, 0.3) is 0 Å². The van der Waals surface area contributed by atoms with Crippen LogP contribution in [0.1, 0.15) is 48.9 Å². The van der Waals surface area contributed by atoms with Crippen LogP contribution >= 0.6 is 0 Å². The van der Waals surface area contributed by atoms with Crippen molar-refractivity contribution < 1.29 is 4.79 Å². The highest BCUT2D eigenvalue weighted by Gasteiger charge is 2.17. The molecule has 0 spiro atoms. The molecule has 3 nitrogen and oxygen atoms in total. The SMILES string of the molecule is Cc1ccc(C(C)NCC(=O)N2CCCCC2)c(C)c1. The monoisotopic (exact) mass is 274 g/mol. The van der Waals surface area contributed by atoms with Crippen molar-refractivity contribution in [1.82, 2.24) is 10.2 Å². The van der Waals surface area contributed by atoms with Crippen molar-refractivity contribution in [3.63, 3.8) is 0 Å². The van der Waals surface area contributed by atoms with Crippen LogP contribution < -0.4 is 5.32 Å². The van der Waals surface area contributed by atoms with Crippen molar-refractivity contribution in [2.45, 2.75) is 46.1 Å². The molecule has 110 valence electrons. The number of carbonyl (C=O) groups excluding carboxylic acids is 1. The van der Waals surface area contributed by atoms with E-state index in [1.165, 1.54) is 23.1 Å². The van der Waals surface area contributed by atoms with E-state index in [1.54, 1.807) is 0 Å². The topological polar surface area (TPSA) is 32.3 Å². The number of aryl methyl sites for hydroxylation is 2. The Morgan fingerprint density at radius 2 is 1.95 bits per heavy atom. The highest BCUT2D eigenvalue weighted by Crippen LogP contribution is 2.18. The average molecular weight is 274 g/mol. The molecule has 1 aromatic carbocycles. The first kappa shape index (κ1) is 15.0. The summed E-state index contributed by atoms with van der Waals surface area (Å²) in [5, 5.41) is 3.37. The van der Waals surface area contributed by atoms with Gasteiger partial charge in [0.05, 0.1) is 6.54 Å². The molecule has 0 aliphatic carbocycles. The number of carbonyl (C=O) groups is 1. The first-order chi connectivity index (χ1) is 9.58. The van der Waals surface area contributed by atoms with Gasteiger partial charge in [-0.1, -0.05) is 23.8 Å². The number of rotatable bonds is 4. The quantitative estimate of drug-likeness (QED) is 0.915. The van der Waals surface area contributed by atoms with Gasteiger partial charge in [-0.25, -0.2) is 0 Å². The first-order valence-corrected chi connectivity index (χ1v) is 7.66. The average Bonchev–Trinajstić information content (AvgIpc) is 2.45. The standard InChI is InChI=1S/C17H26N2O/c1-13-7-8-16(14(2)11-13)15(3)18-12-17(20)19-9-5-4-6-10-19/h7-8,11,15,18H,4-6,9-10,12H2,1-3H3. The molecule has 2 rings (SSSR count). The molecule has 1 saturated heterocycles. The van der Waals surface area contributed by atoms with E-state index < -0.39 is 0 Å². The highest BCUT2D eigenvalue weighted by atomic mass is 16.2. The van der Waals surface area contributed by atoms with Crippen LogP contribution in [0.5, 0.6) is 0 Å². The zero-order chi connectivity index (χ0) is 14.5. The van der Waals surface area contributed by atoms with Gasteiger partial charge in [-0.15, -0.1) is 0 Å². The highest BCUT2D eigenvalue weighted by molar-refractivity contribution is 5.78. The summed E-state index contributed by atoms with van der Waals surface area (Å²) in [5.41, 5.74) is 3.85. The van der Waals surface area contributed by atoms with Gasteiger partial charge in [0.2, 0.25) is 5.91 Å². The Morgan fingerprint density at radius 1 is 1.25 bits per heavy atom. The molecule has 1 fully saturated rings. The maximum Gasteiger partial charge on any atom is 0.236 e. The van der Waals surface area contributed by atoms with Gasteiger partial charge in [0.25, 0.3) is 0 Å². The first-order valence-electron chi connectivity index (χ1n) is 7.66. The predicted octanol–water partition coefficient (Wildman–Crippen LogP) is 2.97. The van der Waals surface area contributed by atoms with Crippen molar-refractivity contribution in [3.8, 4) is 0 Å². The summed E-state index contributed by atoms with van der Waals surface area (Å²) in [7, 11) is 0. The Morgan fingerprint density at radius 3 is 2.60 bits per heavy atom. The molecule has 1 aliphatic rings. The van der Waals surface area contributed by atoms with Crippen LogP contribution in [0.2, 0.25) is 0 Å². The van der Waals surface area contributed by atoms with Crippen molar-refractivity contribution in [2.75, 3.05) is 19.6 Å². The van der Waals surface area contributed by atoms with Gasteiger partial charge < -0.3 is 10.2 Å². The molecule has 0 aromatic heterocycles. The molecule has 1 aromatic rings. The lowest BCUT2D eigenvalue weighted by atomic mass is 10.0. The van der Waals surface area contributed by atoms with E-state index >= 15 is 0 Å². The Kier molecular flexibility index (Phi) is 5.18. The summed E-state index contributed by atoms with van der Waals surface area (Å²) in [4.78, 5) is 14.1. The smallest absolute Gasteiger partial charge is 0.236 e. The Labute approximate surface area is 122 Å². The lowest BCUT2D eigenvalue weighted by Crippen LogP contribution is -2.41. The van der Waals surface area contributed by atoms with Crippen molar-refractivity contribution in [3.05, 3.63) is 34.9 Å². The molecule has 20 heavy (non-hydrogen) atoms. The molecule has 1 aliphatic heterocycles. The fraction of sp³-hybridized carbons (Fsp3) is 0.588. The second kappa shape index (κ2) is 6.89. The predicted molar refractivity (Wildman–Crippen MR) is 82.8 cm³/mol. The number of piperidine rings is 1. The maximum absolute atomic E-state index is 12.1. The van der Waals surface area contributed by atoms with Crippen LogP contribution in [0.4, 0.5) is 0 Å². The maximum atomic E-state index is 12.1. The Bertz CT molecular complexity index is 464. The third-order valence-electron chi connectivity index (χ3n) is 4.16. The molecule has 1 amide bonds. The Balaban J connectivity index is 1.87. The third-order valence-corrected chi connectivity index (χ3v) is 4.16. The molecular weight excluding hydrogens is 248 g/mol. The summed E-state index contributed by atoms with van der Waals surface area (Å²) in [5.74, 6) is 0.237. The molecule has 1 unspecified atom stereocenters. The summed E-state index contributed by atoms with van der Waals surface area (Å²) in [6, 6.07) is 6.70. The zero-order valence-corrected chi connectivity index (χ0v) is 12.9. The van der Waals surface area contributed by atoms with Crippen LogP contribution in [0.3, 0.4) is 0 Å². The molecule has 0 saturated carbocycles. The lowest BCUT2D eigenvalue weighted by molar-refractivity contribution is -0.131. The second-order valence-electron chi connectivity index (χ2n) is 5.90. The molecule has 0 radical (unpaired) electrons. The van der Waals surface area contributed by atoms with E-state index in [4.69, 9.17) is 0 Å². The number of nitrogens with zero attached hydrogens (tertiary/aromatic N) is 1. The fourth-order valence-electron chi connectivity index (χ4n) is 2.92. The van der Waals surface area contributed by atoms with E-state index in [-0.39, 0.29) is 11.9 Å². The molecule has 1 heterocycles. The van der Waals surface area contributed by atoms with Gasteiger partial charge in [0.1, 0.15) is 0 Å². The van der Waals surface area contributed by atoms with Crippen LogP contribution in [-0.2, 0) is 4.79 Å². The van der Waals surface area contributed by atoms with Gasteiger partial charge in [0, 0.05) is 19.1 Å². The molecule has 3 heteroatoms. The summed E-state index contributed by atoms with van der Waals surface area (Å²) in [6.45, 7) is 8.66. The number of hydrogen-bond donors (Lipinski definition) is 1. The van der Waals surface area contributed by atoms with Crippen molar-refractivity contribution >= 4 is 5.91 Å². The zero-order valence-electron chi connectivity index (χ0n) is 12.9. The number of hydrogen-bond acceptors (Lipinski definition) is 2. The number of amides is 1. The van der Waals surface area contributed by atoms with E-state index in [0.717, 1.165) is 25.9 Å². The van der Waals surface area contributed by atoms with Gasteiger partial charge in [-0.3, -0.25) is 4.79 Å². The fourth-order valence-corrected chi connectivity index (χ4v) is 2.92. The van der Waals surface area contributed by atoms with Crippen molar-refractivity contribution in [1.29, 1.82) is 0 Å².